The van der Waals surface area contributed by atoms with Crippen LogP contribution in [0.1, 0.15) is 38.5 Å². The minimum absolute atomic E-state index is 0.0356. The molecule has 1 saturated carbocycles. The molecule has 2 aromatic rings. The van der Waals surface area contributed by atoms with Crippen LogP contribution < -0.4 is 15.4 Å². The molecule has 9 heteroatoms. The van der Waals surface area contributed by atoms with E-state index in [1.807, 2.05) is 0 Å². The lowest BCUT2D eigenvalue weighted by Crippen LogP contribution is -2.37. The van der Waals surface area contributed by atoms with Gasteiger partial charge in [0.05, 0.1) is 4.90 Å². The molecule has 0 aliphatic heterocycles. The number of rotatable bonds is 5. The van der Waals surface area contributed by atoms with E-state index in [-0.39, 0.29) is 10.8 Å². The van der Waals surface area contributed by atoms with Crippen molar-refractivity contribution in [2.45, 2.75) is 49.5 Å². The van der Waals surface area contributed by atoms with Crippen molar-refractivity contribution in [1.82, 2.24) is 15.3 Å². The zero-order chi connectivity index (χ0) is 19.1. The first kappa shape index (κ1) is 19.5. The highest BCUT2D eigenvalue weighted by molar-refractivity contribution is 7.92. The summed E-state index contributed by atoms with van der Waals surface area (Å²) in [6.07, 6.45) is 10.2. The van der Waals surface area contributed by atoms with Gasteiger partial charge in [0.1, 0.15) is 0 Å². The maximum Gasteiger partial charge on any atom is 0.264 e. The SMILES string of the molecule is O=S(=O)(Nc1ncccn1)c1ccc(NC(=S)NC2CCCCCC2)cc1. The molecule has 0 atom stereocenters. The Morgan fingerprint density at radius 2 is 1.63 bits per heavy atom. The Kier molecular flexibility index (Phi) is 6.57. The molecule has 1 aliphatic rings. The van der Waals surface area contributed by atoms with Crippen LogP contribution in [0.4, 0.5) is 11.6 Å². The van der Waals surface area contributed by atoms with Crippen LogP contribution in [-0.2, 0) is 10.0 Å². The van der Waals surface area contributed by atoms with Crippen molar-refractivity contribution >= 4 is 39.0 Å². The molecule has 0 amide bonds. The van der Waals surface area contributed by atoms with Crippen molar-refractivity contribution in [1.29, 1.82) is 0 Å². The van der Waals surface area contributed by atoms with Gasteiger partial charge in [0, 0.05) is 24.1 Å². The summed E-state index contributed by atoms with van der Waals surface area (Å²) in [5.74, 6) is 0.0356. The normalized spacial score (nSPS) is 15.6. The zero-order valence-corrected chi connectivity index (χ0v) is 16.5. The monoisotopic (exact) mass is 405 g/mol. The van der Waals surface area contributed by atoms with Crippen molar-refractivity contribution in [2.24, 2.45) is 0 Å². The van der Waals surface area contributed by atoms with Gasteiger partial charge in [-0.05, 0) is 55.4 Å². The fraction of sp³-hybridized carbons (Fsp3) is 0.389. The molecular formula is C18H23N5O2S2. The molecule has 1 heterocycles. The van der Waals surface area contributed by atoms with Gasteiger partial charge in [-0.1, -0.05) is 25.7 Å². The van der Waals surface area contributed by atoms with Gasteiger partial charge in [-0.25, -0.2) is 23.1 Å². The van der Waals surface area contributed by atoms with Crippen LogP contribution in [0, 0.1) is 0 Å². The maximum atomic E-state index is 12.4. The third-order valence-corrected chi connectivity index (χ3v) is 5.97. The lowest BCUT2D eigenvalue weighted by atomic mass is 10.1. The van der Waals surface area contributed by atoms with E-state index in [1.165, 1.54) is 50.2 Å². The number of thiocarbonyl (C=S) groups is 1. The average Bonchev–Trinajstić information content (AvgIpc) is 2.91. The van der Waals surface area contributed by atoms with E-state index in [4.69, 9.17) is 12.2 Å². The second-order valence-corrected chi connectivity index (χ2v) is 8.58. The minimum Gasteiger partial charge on any atom is -0.360 e. The van der Waals surface area contributed by atoms with Gasteiger partial charge in [0.25, 0.3) is 10.0 Å². The van der Waals surface area contributed by atoms with Crippen molar-refractivity contribution in [3.8, 4) is 0 Å². The maximum absolute atomic E-state index is 12.4. The minimum atomic E-state index is -3.74. The Hall–Kier alpha value is -2.26. The van der Waals surface area contributed by atoms with Crippen LogP contribution in [0.3, 0.4) is 0 Å². The molecule has 144 valence electrons. The molecule has 27 heavy (non-hydrogen) atoms. The van der Waals surface area contributed by atoms with Crippen LogP contribution in [0.25, 0.3) is 0 Å². The molecule has 0 spiro atoms. The number of hydrogen-bond acceptors (Lipinski definition) is 5. The molecule has 3 N–H and O–H groups in total. The summed E-state index contributed by atoms with van der Waals surface area (Å²) in [6.45, 7) is 0. The molecular weight excluding hydrogens is 382 g/mol. The van der Waals surface area contributed by atoms with Crippen LogP contribution in [0.5, 0.6) is 0 Å². The van der Waals surface area contributed by atoms with Crippen molar-refractivity contribution in [3.05, 3.63) is 42.7 Å². The Bertz CT molecular complexity index is 849. The van der Waals surface area contributed by atoms with Crippen molar-refractivity contribution in [2.75, 3.05) is 10.0 Å². The van der Waals surface area contributed by atoms with E-state index < -0.39 is 10.0 Å². The zero-order valence-electron chi connectivity index (χ0n) is 14.9. The molecule has 1 aromatic heterocycles. The molecule has 1 aliphatic carbocycles. The topological polar surface area (TPSA) is 96.0 Å². The van der Waals surface area contributed by atoms with E-state index in [1.54, 1.807) is 18.2 Å². The van der Waals surface area contributed by atoms with Gasteiger partial charge < -0.3 is 10.6 Å². The number of anilines is 2. The highest BCUT2D eigenvalue weighted by Gasteiger charge is 2.16. The second kappa shape index (κ2) is 9.09. The number of nitrogens with one attached hydrogen (secondary N) is 3. The Morgan fingerprint density at radius 3 is 2.26 bits per heavy atom. The summed E-state index contributed by atoms with van der Waals surface area (Å²) < 4.78 is 27.1. The summed E-state index contributed by atoms with van der Waals surface area (Å²) in [6, 6.07) is 8.42. The van der Waals surface area contributed by atoms with E-state index in [2.05, 4.69) is 25.3 Å². The Morgan fingerprint density at radius 1 is 1.00 bits per heavy atom. The Labute approximate surface area is 165 Å². The lowest BCUT2D eigenvalue weighted by molar-refractivity contribution is 0.535. The number of aromatic nitrogens is 2. The van der Waals surface area contributed by atoms with Gasteiger partial charge in [0.2, 0.25) is 5.95 Å². The van der Waals surface area contributed by atoms with Gasteiger partial charge >= 0.3 is 0 Å². The second-order valence-electron chi connectivity index (χ2n) is 6.49. The Balaban J connectivity index is 1.58. The van der Waals surface area contributed by atoms with E-state index >= 15 is 0 Å². The largest absolute Gasteiger partial charge is 0.360 e. The fourth-order valence-corrected chi connectivity index (χ4v) is 4.27. The van der Waals surface area contributed by atoms with Crippen molar-refractivity contribution < 1.29 is 8.42 Å². The van der Waals surface area contributed by atoms with Gasteiger partial charge in [0.15, 0.2) is 5.11 Å². The summed E-state index contributed by atoms with van der Waals surface area (Å²) in [4.78, 5) is 7.87. The van der Waals surface area contributed by atoms with E-state index in [0.29, 0.717) is 11.2 Å². The standard InChI is InChI=1S/C18H23N5O2S2/c24-27(25,23-17-19-12-5-13-20-17)16-10-8-15(9-11-16)22-18(26)21-14-6-3-1-2-4-7-14/h5,8-14H,1-4,6-7H2,(H,19,20,23)(H2,21,22,26). The summed E-state index contributed by atoms with van der Waals surface area (Å²) in [7, 11) is -3.74. The van der Waals surface area contributed by atoms with Crippen LogP contribution in [0.2, 0.25) is 0 Å². The highest BCUT2D eigenvalue weighted by atomic mass is 32.2. The first-order valence-electron chi connectivity index (χ1n) is 9.00. The third kappa shape index (κ3) is 5.86. The smallest absolute Gasteiger partial charge is 0.264 e. The molecule has 0 saturated heterocycles. The van der Waals surface area contributed by atoms with Crippen LogP contribution in [-0.4, -0.2) is 29.5 Å². The fourth-order valence-electron chi connectivity index (χ4n) is 3.02. The quantitative estimate of drug-likeness (QED) is 0.519. The number of sulfonamides is 1. The van der Waals surface area contributed by atoms with Gasteiger partial charge in [-0.3, -0.25) is 0 Å². The summed E-state index contributed by atoms with van der Waals surface area (Å²) in [5.41, 5.74) is 0.732. The van der Waals surface area contributed by atoms with E-state index in [0.717, 1.165) is 18.5 Å². The molecule has 7 nitrogen and oxygen atoms in total. The summed E-state index contributed by atoms with van der Waals surface area (Å²) in [5, 5.41) is 7.04. The van der Waals surface area contributed by atoms with Crippen molar-refractivity contribution in [3.63, 3.8) is 0 Å². The molecule has 3 rings (SSSR count). The third-order valence-electron chi connectivity index (χ3n) is 4.40. The van der Waals surface area contributed by atoms with E-state index in [9.17, 15) is 8.42 Å². The summed E-state index contributed by atoms with van der Waals surface area (Å²) >= 11 is 5.38. The molecule has 0 radical (unpaired) electrons. The van der Waals surface area contributed by atoms with Crippen LogP contribution >= 0.6 is 12.2 Å². The first-order chi connectivity index (χ1) is 13.0. The van der Waals surface area contributed by atoms with Crippen LogP contribution in [0.15, 0.2) is 47.6 Å². The predicted octanol–water partition coefficient (Wildman–Crippen LogP) is 3.29. The molecule has 0 bridgehead atoms. The van der Waals surface area contributed by atoms with Gasteiger partial charge in [-0.15, -0.1) is 0 Å². The number of hydrogen-bond donors (Lipinski definition) is 3. The molecule has 1 fully saturated rings. The van der Waals surface area contributed by atoms with Gasteiger partial charge in [-0.2, -0.15) is 0 Å². The number of nitrogens with zero attached hydrogens (tertiary/aromatic N) is 2. The molecule has 1 aromatic carbocycles. The highest BCUT2D eigenvalue weighted by Crippen LogP contribution is 2.18. The first-order valence-corrected chi connectivity index (χ1v) is 10.9. The molecule has 0 unspecified atom stereocenters. The lowest BCUT2D eigenvalue weighted by Gasteiger charge is -2.19. The number of benzene rings is 1. The average molecular weight is 406 g/mol. The predicted molar refractivity (Wildman–Crippen MR) is 110 cm³/mol.